The maximum absolute atomic E-state index is 13.1. The summed E-state index contributed by atoms with van der Waals surface area (Å²) in [5, 5.41) is 8.88. The highest BCUT2D eigenvalue weighted by atomic mass is 19.1. The summed E-state index contributed by atoms with van der Waals surface area (Å²) in [7, 11) is 0. The van der Waals surface area contributed by atoms with Crippen molar-refractivity contribution < 1.29 is 9.18 Å². The summed E-state index contributed by atoms with van der Waals surface area (Å²) >= 11 is 0. The maximum atomic E-state index is 13.1. The first-order chi connectivity index (χ1) is 12.6. The number of hydrogen-bond acceptors (Lipinski definition) is 4. The van der Waals surface area contributed by atoms with Gasteiger partial charge in [-0.2, -0.15) is 0 Å². The molecule has 7 heteroatoms. The third kappa shape index (κ3) is 2.90. The van der Waals surface area contributed by atoms with Crippen molar-refractivity contribution in [3.63, 3.8) is 0 Å². The number of nitrogens with one attached hydrogen (secondary N) is 1. The molecule has 1 N–H and O–H groups in total. The molecule has 4 aromatic rings. The molecule has 0 fully saturated rings. The van der Waals surface area contributed by atoms with Crippen LogP contribution < -0.4 is 5.32 Å². The molecule has 0 aliphatic carbocycles. The Labute approximate surface area is 148 Å². The Kier molecular flexibility index (Phi) is 3.89. The highest BCUT2D eigenvalue weighted by Crippen LogP contribution is 2.22. The summed E-state index contributed by atoms with van der Waals surface area (Å²) in [4.78, 5) is 20.9. The van der Waals surface area contributed by atoms with Gasteiger partial charge in [0.05, 0.1) is 5.69 Å². The van der Waals surface area contributed by atoms with Crippen LogP contribution in [0.25, 0.3) is 16.5 Å². The molecule has 0 aliphatic rings. The molecule has 0 radical (unpaired) electrons. The van der Waals surface area contributed by atoms with E-state index in [0.717, 1.165) is 10.8 Å². The van der Waals surface area contributed by atoms with Crippen molar-refractivity contribution >= 4 is 22.4 Å². The second-order valence-electron chi connectivity index (χ2n) is 5.73. The molecule has 2 aromatic heterocycles. The molecule has 0 atom stereocenters. The predicted molar refractivity (Wildman–Crippen MR) is 95.8 cm³/mol. The summed E-state index contributed by atoms with van der Waals surface area (Å²) in [6.07, 6.45) is 3.40. The summed E-state index contributed by atoms with van der Waals surface area (Å²) < 4.78 is 14.6. The summed E-state index contributed by atoms with van der Waals surface area (Å²) in [6, 6.07) is 13.2. The molecule has 4 rings (SSSR count). The number of carbonyl (C=O) groups is 1. The average Bonchev–Trinajstić information content (AvgIpc) is 3.05. The topological polar surface area (TPSA) is 72.7 Å². The molecule has 0 bridgehead atoms. The lowest BCUT2D eigenvalue weighted by molar-refractivity contribution is 0.101. The standard InChI is InChI=1S/C19H14FN5O/c1-12-22-18(24-25(12)15-7-5-14(20)6-8-15)19(26)23-17-4-2-3-13-11-21-10-9-16(13)17/h2-11H,1H3,(H,23,26). The number of pyridine rings is 1. The molecule has 0 spiro atoms. The minimum atomic E-state index is -0.418. The van der Waals surface area contributed by atoms with Crippen LogP contribution in [0.2, 0.25) is 0 Å². The number of fused-ring (bicyclic) bond motifs is 1. The minimum absolute atomic E-state index is 0.0397. The number of aryl methyl sites for hydroxylation is 1. The van der Waals surface area contributed by atoms with Gasteiger partial charge in [-0.25, -0.2) is 14.1 Å². The number of nitrogens with zero attached hydrogens (tertiary/aromatic N) is 4. The maximum Gasteiger partial charge on any atom is 0.295 e. The van der Waals surface area contributed by atoms with Crippen LogP contribution in [0, 0.1) is 12.7 Å². The lowest BCUT2D eigenvalue weighted by Crippen LogP contribution is -2.14. The quantitative estimate of drug-likeness (QED) is 0.615. The van der Waals surface area contributed by atoms with Gasteiger partial charge in [-0.05, 0) is 43.3 Å². The smallest absolute Gasteiger partial charge is 0.295 e. The molecule has 0 saturated heterocycles. The third-order valence-electron chi connectivity index (χ3n) is 3.97. The van der Waals surface area contributed by atoms with E-state index >= 15 is 0 Å². The monoisotopic (exact) mass is 347 g/mol. The normalized spacial score (nSPS) is 10.8. The first-order valence-corrected chi connectivity index (χ1v) is 7.95. The molecular weight excluding hydrogens is 333 g/mol. The first kappa shape index (κ1) is 15.9. The molecular formula is C19H14FN5O. The fraction of sp³-hybridized carbons (Fsp3) is 0.0526. The van der Waals surface area contributed by atoms with Crippen molar-refractivity contribution in [1.29, 1.82) is 0 Å². The van der Waals surface area contributed by atoms with Crippen LogP contribution in [0.4, 0.5) is 10.1 Å². The SMILES string of the molecule is Cc1nc(C(=O)Nc2cccc3cnccc23)nn1-c1ccc(F)cc1. The predicted octanol–water partition coefficient (Wildman–Crippen LogP) is 3.52. The number of hydrogen-bond donors (Lipinski definition) is 1. The van der Waals surface area contributed by atoms with Crippen LogP contribution in [-0.2, 0) is 0 Å². The number of benzene rings is 2. The van der Waals surface area contributed by atoms with Crippen molar-refractivity contribution in [2.45, 2.75) is 6.92 Å². The zero-order valence-corrected chi connectivity index (χ0v) is 13.8. The molecule has 0 unspecified atom stereocenters. The van der Waals surface area contributed by atoms with Gasteiger partial charge in [-0.15, -0.1) is 5.10 Å². The fourth-order valence-corrected chi connectivity index (χ4v) is 2.72. The summed E-state index contributed by atoms with van der Waals surface area (Å²) in [6.45, 7) is 1.73. The van der Waals surface area contributed by atoms with Gasteiger partial charge in [0.15, 0.2) is 0 Å². The molecule has 1 amide bonds. The molecule has 0 saturated carbocycles. The molecule has 2 aromatic carbocycles. The Morgan fingerprint density at radius 1 is 1.12 bits per heavy atom. The lowest BCUT2D eigenvalue weighted by Gasteiger charge is -2.06. The highest BCUT2D eigenvalue weighted by Gasteiger charge is 2.16. The second-order valence-corrected chi connectivity index (χ2v) is 5.73. The van der Waals surface area contributed by atoms with E-state index in [1.165, 1.54) is 16.8 Å². The number of rotatable bonds is 3. The summed E-state index contributed by atoms with van der Waals surface area (Å²) in [5.74, 6) is -0.185. The van der Waals surface area contributed by atoms with Crippen molar-refractivity contribution in [3.8, 4) is 5.69 Å². The first-order valence-electron chi connectivity index (χ1n) is 7.95. The van der Waals surface area contributed by atoms with Crippen molar-refractivity contribution in [3.05, 3.63) is 78.4 Å². The van der Waals surface area contributed by atoms with Crippen molar-refractivity contribution in [2.24, 2.45) is 0 Å². The number of carbonyl (C=O) groups excluding carboxylic acids is 1. The van der Waals surface area contributed by atoms with E-state index in [4.69, 9.17) is 0 Å². The zero-order valence-electron chi connectivity index (χ0n) is 13.8. The Bertz CT molecular complexity index is 1100. The average molecular weight is 347 g/mol. The highest BCUT2D eigenvalue weighted by molar-refractivity contribution is 6.07. The Morgan fingerprint density at radius 3 is 2.73 bits per heavy atom. The van der Waals surface area contributed by atoms with Gasteiger partial charge in [0, 0.05) is 28.9 Å². The van der Waals surface area contributed by atoms with E-state index in [0.29, 0.717) is 17.2 Å². The van der Waals surface area contributed by atoms with Crippen molar-refractivity contribution in [2.75, 3.05) is 5.32 Å². The molecule has 128 valence electrons. The van der Waals surface area contributed by atoms with Gasteiger partial charge in [0.2, 0.25) is 5.82 Å². The van der Waals surface area contributed by atoms with Gasteiger partial charge in [0.1, 0.15) is 11.6 Å². The Morgan fingerprint density at radius 2 is 1.92 bits per heavy atom. The van der Waals surface area contributed by atoms with Crippen LogP contribution in [0.1, 0.15) is 16.4 Å². The second kappa shape index (κ2) is 6.36. The van der Waals surface area contributed by atoms with Crippen LogP contribution in [-0.4, -0.2) is 25.7 Å². The van der Waals surface area contributed by atoms with E-state index in [2.05, 4.69) is 20.4 Å². The molecule has 2 heterocycles. The van der Waals surface area contributed by atoms with Gasteiger partial charge in [-0.3, -0.25) is 9.78 Å². The van der Waals surface area contributed by atoms with E-state index in [1.54, 1.807) is 31.5 Å². The lowest BCUT2D eigenvalue weighted by atomic mass is 10.1. The molecule has 0 aliphatic heterocycles. The summed E-state index contributed by atoms with van der Waals surface area (Å²) in [5.41, 5.74) is 1.29. The number of aromatic nitrogens is 4. The van der Waals surface area contributed by atoms with E-state index < -0.39 is 5.91 Å². The Hall–Kier alpha value is -3.61. The molecule has 6 nitrogen and oxygen atoms in total. The largest absolute Gasteiger partial charge is 0.319 e. The number of halogens is 1. The van der Waals surface area contributed by atoms with Crippen LogP contribution in [0.3, 0.4) is 0 Å². The molecule has 26 heavy (non-hydrogen) atoms. The van der Waals surface area contributed by atoms with Gasteiger partial charge in [0.25, 0.3) is 5.91 Å². The van der Waals surface area contributed by atoms with Crippen LogP contribution in [0.5, 0.6) is 0 Å². The van der Waals surface area contributed by atoms with Gasteiger partial charge >= 0.3 is 0 Å². The zero-order chi connectivity index (χ0) is 18.1. The number of anilines is 1. The minimum Gasteiger partial charge on any atom is -0.319 e. The Balaban J connectivity index is 1.65. The van der Waals surface area contributed by atoms with Gasteiger partial charge < -0.3 is 5.32 Å². The third-order valence-corrected chi connectivity index (χ3v) is 3.97. The van der Waals surface area contributed by atoms with E-state index in [9.17, 15) is 9.18 Å². The van der Waals surface area contributed by atoms with Crippen molar-refractivity contribution in [1.82, 2.24) is 19.7 Å². The van der Waals surface area contributed by atoms with E-state index in [-0.39, 0.29) is 11.6 Å². The fourth-order valence-electron chi connectivity index (χ4n) is 2.72. The van der Waals surface area contributed by atoms with Crippen LogP contribution >= 0.6 is 0 Å². The van der Waals surface area contributed by atoms with Crippen LogP contribution in [0.15, 0.2) is 60.9 Å². The van der Waals surface area contributed by atoms with Gasteiger partial charge in [-0.1, -0.05) is 12.1 Å². The van der Waals surface area contributed by atoms with E-state index in [1.807, 2.05) is 24.3 Å². The number of amides is 1.